The van der Waals surface area contributed by atoms with E-state index in [4.69, 9.17) is 52.5 Å². The molecular weight excluding hydrogens is 719 g/mol. The van der Waals surface area contributed by atoms with E-state index in [2.05, 4.69) is 55.8 Å². The molecule has 6 aromatic rings. The number of nitrogens with zero attached hydrogens (tertiary/aromatic N) is 2. The van der Waals surface area contributed by atoms with Gasteiger partial charge in [-0.2, -0.15) is 4.98 Å². The lowest BCUT2D eigenvalue weighted by Gasteiger charge is -2.28. The lowest BCUT2D eigenvalue weighted by atomic mass is 9.72. The third kappa shape index (κ3) is 3.54. The molecule has 240 valence electrons. The number of aromatic amines is 1. The number of carbonyl (C=O) groups excluding carboxylic acids is 1. The number of oxazole rings is 2. The molecule has 3 aromatic carbocycles. The molecule has 0 saturated carbocycles. The monoisotopic (exact) mass is 742 g/mol. The van der Waals surface area contributed by atoms with Crippen molar-refractivity contribution in [1.29, 1.82) is 0 Å². The van der Waals surface area contributed by atoms with Gasteiger partial charge in [0.05, 0.1) is 16.1 Å². The smallest absolute Gasteiger partial charge is 0.250 e. The third-order valence-electron chi connectivity index (χ3n) is 10.0. The number of ether oxygens (including phenoxy) is 1. The highest BCUT2D eigenvalue weighted by molar-refractivity contribution is 9.10. The summed E-state index contributed by atoms with van der Waals surface area (Å²) in [5.41, 5.74) is 12.5. The van der Waals surface area contributed by atoms with Crippen LogP contribution in [-0.4, -0.2) is 33.1 Å². The van der Waals surface area contributed by atoms with E-state index in [9.17, 15) is 4.79 Å². The molecule has 0 saturated heterocycles. The highest BCUT2D eigenvalue weighted by Gasteiger charge is 2.62. The summed E-state index contributed by atoms with van der Waals surface area (Å²) in [6, 6.07) is 14.8. The summed E-state index contributed by atoms with van der Waals surface area (Å²) in [4.78, 5) is 26.6. The van der Waals surface area contributed by atoms with E-state index in [-0.39, 0.29) is 28.8 Å². The van der Waals surface area contributed by atoms with Crippen molar-refractivity contribution in [1.82, 2.24) is 20.3 Å². The molecule has 1 amide bonds. The van der Waals surface area contributed by atoms with E-state index in [1.165, 1.54) is 0 Å². The average molecular weight is 744 g/mol. The molecule has 4 atom stereocenters. The highest BCUT2D eigenvalue weighted by Crippen LogP contribution is 2.63. The Labute approximate surface area is 291 Å². The summed E-state index contributed by atoms with van der Waals surface area (Å²) >= 11 is 17.6. The van der Waals surface area contributed by atoms with Crippen LogP contribution in [0.2, 0.25) is 10.3 Å². The molecule has 13 heteroatoms. The van der Waals surface area contributed by atoms with Gasteiger partial charge in [0.2, 0.25) is 11.8 Å². The van der Waals surface area contributed by atoms with Crippen LogP contribution in [-0.2, 0) is 16.6 Å². The number of aromatic nitrogens is 3. The molecule has 0 aliphatic carbocycles. The fourth-order valence-corrected chi connectivity index (χ4v) is 9.01. The van der Waals surface area contributed by atoms with Gasteiger partial charge in [0, 0.05) is 33.3 Å². The molecule has 48 heavy (non-hydrogen) atoms. The molecule has 3 aromatic heterocycles. The zero-order valence-corrected chi connectivity index (χ0v) is 28.5. The lowest BCUT2D eigenvalue weighted by molar-refractivity contribution is -0.123. The Hall–Kier alpha value is -4.29. The normalized spacial score (nSPS) is 22.9. The van der Waals surface area contributed by atoms with Gasteiger partial charge in [-0.15, -0.1) is 0 Å². The number of hydrogen-bond donors (Lipinski definition) is 4. The van der Waals surface area contributed by atoms with Gasteiger partial charge in [0.1, 0.15) is 22.4 Å². The van der Waals surface area contributed by atoms with Crippen molar-refractivity contribution in [2.24, 2.45) is 11.7 Å². The van der Waals surface area contributed by atoms with E-state index in [0.717, 1.165) is 48.9 Å². The Morgan fingerprint density at radius 1 is 1.04 bits per heavy atom. The number of fused-ring (bicyclic) bond motifs is 7. The predicted octanol–water partition coefficient (Wildman–Crippen LogP) is 7.70. The molecule has 0 fully saturated rings. The van der Waals surface area contributed by atoms with Crippen LogP contribution in [0.4, 0.5) is 5.69 Å². The lowest BCUT2D eigenvalue weighted by Crippen LogP contribution is -2.45. The molecule has 10 rings (SSSR count). The Morgan fingerprint density at radius 2 is 1.85 bits per heavy atom. The van der Waals surface area contributed by atoms with Crippen LogP contribution >= 0.6 is 39.1 Å². The maximum Gasteiger partial charge on any atom is 0.250 e. The van der Waals surface area contributed by atoms with E-state index in [1.807, 2.05) is 38.1 Å². The Kier molecular flexibility index (Phi) is 5.77. The van der Waals surface area contributed by atoms with Gasteiger partial charge in [0.15, 0.2) is 28.6 Å². The minimum absolute atomic E-state index is 0.105. The number of rotatable bonds is 1. The van der Waals surface area contributed by atoms with Crippen molar-refractivity contribution in [3.05, 3.63) is 91.7 Å². The minimum atomic E-state index is -1.07. The van der Waals surface area contributed by atoms with Gasteiger partial charge in [-0.3, -0.25) is 4.79 Å². The zero-order chi connectivity index (χ0) is 32.8. The van der Waals surface area contributed by atoms with Gasteiger partial charge in [-0.25, -0.2) is 4.98 Å². The molecule has 5 N–H and O–H groups in total. The van der Waals surface area contributed by atoms with E-state index in [0.29, 0.717) is 40.1 Å². The van der Waals surface area contributed by atoms with Crippen LogP contribution < -0.4 is 21.1 Å². The van der Waals surface area contributed by atoms with Crippen molar-refractivity contribution in [3.63, 3.8) is 0 Å². The molecule has 4 aliphatic rings. The molecule has 10 bridgehead atoms. The number of nitrogens with one attached hydrogen (secondary N) is 3. The predicted molar refractivity (Wildman–Crippen MR) is 184 cm³/mol. The van der Waals surface area contributed by atoms with Gasteiger partial charge in [-0.1, -0.05) is 73.4 Å². The minimum Gasteiger partial charge on any atom is -0.467 e. The SMILES string of the molecule is CC(C)[C@@H]1NC(=O)[C@@H](N)Cc2cc(Br)c3c(c2)[C@@]24c5cccc(c5NC2O3)-c2cccc3[nH]c(Cl)c(c23)-c2oc(nc2Cl)-c2nc1oc24. The first-order chi connectivity index (χ1) is 23.1. The quantitative estimate of drug-likeness (QED) is 0.134. The summed E-state index contributed by atoms with van der Waals surface area (Å²) in [6.45, 7) is 3.97. The van der Waals surface area contributed by atoms with Gasteiger partial charge < -0.3 is 34.9 Å². The maximum absolute atomic E-state index is 13.5. The van der Waals surface area contributed by atoms with Crippen LogP contribution in [0.25, 0.3) is 44.9 Å². The standard InChI is InChI=1S/C35H25BrCl2N6O4/c1-12(2)23-32-42-25-28(48-32)35-16-7-3-6-15(14-5-4-8-20-21(14)22(29(37)40-20)27-30(38)44-33(25)46-27)24(16)43-34(35)47-26-17(35)9-13(10-18(26)36)11-19(39)31(45)41-23/h3-10,12,19,23,34,40,43H,11,39H2,1-2H3,(H,41,45)/t19-,23-,34?,35+/m0/s1. The first kappa shape index (κ1) is 28.7. The first-order valence-corrected chi connectivity index (χ1v) is 17.1. The van der Waals surface area contributed by atoms with Crippen molar-refractivity contribution in [2.45, 2.75) is 44.0 Å². The van der Waals surface area contributed by atoms with E-state index >= 15 is 0 Å². The molecule has 10 nitrogen and oxygen atoms in total. The zero-order valence-electron chi connectivity index (χ0n) is 25.4. The van der Waals surface area contributed by atoms with E-state index in [1.54, 1.807) is 0 Å². The van der Waals surface area contributed by atoms with Gasteiger partial charge in [0.25, 0.3) is 5.89 Å². The number of hydrogen-bond acceptors (Lipinski definition) is 8. The molecule has 7 heterocycles. The molecular formula is C35H25BrCl2N6O4. The number of anilines is 1. The second kappa shape index (κ2) is 9.66. The van der Waals surface area contributed by atoms with Crippen LogP contribution in [0, 0.1) is 5.92 Å². The summed E-state index contributed by atoms with van der Waals surface area (Å²) < 4.78 is 21.1. The van der Waals surface area contributed by atoms with Crippen molar-refractivity contribution in [3.8, 4) is 39.8 Å². The molecule has 1 spiro atoms. The number of carbonyl (C=O) groups is 1. The molecule has 1 unspecified atom stereocenters. The number of benzene rings is 3. The Bertz CT molecular complexity index is 2420. The number of H-pyrrole nitrogens is 1. The summed E-state index contributed by atoms with van der Waals surface area (Å²) in [5.74, 6) is 1.40. The van der Waals surface area contributed by atoms with Crippen LogP contribution in [0.15, 0.2) is 61.8 Å². The third-order valence-corrected chi connectivity index (χ3v) is 11.2. The number of amides is 1. The molecule has 0 radical (unpaired) electrons. The first-order valence-electron chi connectivity index (χ1n) is 15.6. The van der Waals surface area contributed by atoms with E-state index < -0.39 is 23.7 Å². The highest BCUT2D eigenvalue weighted by atomic mass is 79.9. The summed E-state index contributed by atoms with van der Waals surface area (Å²) in [7, 11) is 0. The van der Waals surface area contributed by atoms with Gasteiger partial charge in [-0.05, 0) is 51.5 Å². The van der Waals surface area contributed by atoms with Gasteiger partial charge >= 0.3 is 0 Å². The fraction of sp³-hybridized carbons (Fsp3) is 0.229. The number of nitrogens with two attached hydrogens (primary N) is 1. The Morgan fingerprint density at radius 3 is 2.69 bits per heavy atom. The summed E-state index contributed by atoms with van der Waals surface area (Å²) in [5, 5.41) is 8.17. The number of halogens is 3. The summed E-state index contributed by atoms with van der Waals surface area (Å²) in [6.07, 6.45) is -0.349. The number of para-hydroxylation sites is 1. The second-order valence-corrected chi connectivity index (χ2v) is 14.7. The van der Waals surface area contributed by atoms with Crippen molar-refractivity contribution >= 4 is 61.6 Å². The maximum atomic E-state index is 13.5. The fourth-order valence-electron chi connectivity index (χ4n) is 7.92. The van der Waals surface area contributed by atoms with Crippen molar-refractivity contribution < 1.29 is 18.4 Å². The van der Waals surface area contributed by atoms with Crippen LogP contribution in [0.5, 0.6) is 5.75 Å². The Balaban J connectivity index is 1.41. The van der Waals surface area contributed by atoms with Crippen LogP contribution in [0.3, 0.4) is 0 Å². The largest absolute Gasteiger partial charge is 0.467 e. The van der Waals surface area contributed by atoms with Crippen molar-refractivity contribution in [2.75, 3.05) is 5.32 Å². The van der Waals surface area contributed by atoms with Crippen LogP contribution in [0.1, 0.15) is 48.2 Å². The topological polar surface area (TPSA) is 144 Å². The molecule has 4 aliphatic heterocycles. The average Bonchev–Trinajstić information content (AvgIpc) is 3.84. The second-order valence-electron chi connectivity index (χ2n) is 13.1.